The maximum atomic E-state index is 13.9. The molecule has 620 valence electrons. The Morgan fingerprint density at radius 1 is 0.383 bits per heavy atom. The number of rotatable bonds is 62. The topological polar surface area (TPSA) is 506 Å². The Labute approximate surface area is 630 Å². The Kier molecular flexibility index (Phi) is 52.7. The first-order valence-electron chi connectivity index (χ1n) is 38.3. The van der Waals surface area contributed by atoms with Crippen LogP contribution in [0.5, 0.6) is 0 Å². The van der Waals surface area contributed by atoms with Gasteiger partial charge in [-0.15, -0.1) is 0 Å². The molecule has 0 aromatic rings. The number of ether oxygens (including phenoxy) is 8. The van der Waals surface area contributed by atoms with Gasteiger partial charge in [0.25, 0.3) is 0 Å². The van der Waals surface area contributed by atoms with E-state index in [0.717, 1.165) is 32.1 Å². The van der Waals surface area contributed by atoms with Crippen LogP contribution in [0.4, 0.5) is 0 Å². The Bertz CT molecular complexity index is 2420. The average Bonchev–Trinajstić information content (AvgIpc) is 0.816. The summed E-state index contributed by atoms with van der Waals surface area (Å²) in [5.74, 6) is -3.21. The zero-order valence-electron chi connectivity index (χ0n) is 64.2. The van der Waals surface area contributed by atoms with Gasteiger partial charge in [0, 0.05) is 125 Å². The molecule has 10 amide bonds. The third kappa shape index (κ3) is 47.7. The zero-order valence-corrected chi connectivity index (χ0v) is 64.2. The van der Waals surface area contributed by atoms with Crippen molar-refractivity contribution in [3.05, 3.63) is 0 Å². The molecule has 0 aromatic carbocycles. The fraction of sp³-hybridized carbons (Fsp3) is 0.861. The fourth-order valence-electron chi connectivity index (χ4n) is 11.3. The molecule has 2 aliphatic heterocycles. The molecule has 0 saturated carbocycles. The molecule has 35 heteroatoms. The number of aliphatic hydroxyl groups excluding tert-OH is 7. The molecule has 11 atom stereocenters. The first-order valence-corrected chi connectivity index (χ1v) is 38.3. The molecule has 0 radical (unpaired) electrons. The number of hydrogen-bond acceptors (Lipinski definition) is 25. The summed E-state index contributed by atoms with van der Waals surface area (Å²) in [7, 11) is 0. The van der Waals surface area contributed by atoms with Gasteiger partial charge < -0.3 is 127 Å². The van der Waals surface area contributed by atoms with E-state index >= 15 is 0 Å². The summed E-state index contributed by atoms with van der Waals surface area (Å²) in [6.45, 7) is 10.5. The summed E-state index contributed by atoms with van der Waals surface area (Å²) >= 11 is 0. The van der Waals surface area contributed by atoms with Crippen LogP contribution in [0.15, 0.2) is 0 Å². The molecule has 0 aromatic heterocycles. The van der Waals surface area contributed by atoms with Crippen molar-refractivity contribution in [2.24, 2.45) is 5.41 Å². The van der Waals surface area contributed by atoms with Crippen molar-refractivity contribution in [3.63, 3.8) is 0 Å². The largest absolute Gasteiger partial charge is 0.394 e. The van der Waals surface area contributed by atoms with Crippen molar-refractivity contribution in [1.29, 1.82) is 0 Å². The normalized spacial score (nSPS) is 20.9. The van der Waals surface area contributed by atoms with Crippen LogP contribution in [0.1, 0.15) is 202 Å². The molecule has 2 aliphatic rings. The molecular weight excluding hydrogens is 1400 g/mol. The quantitative estimate of drug-likeness (QED) is 0.0251. The first kappa shape index (κ1) is 97.2. The number of amides is 10. The summed E-state index contributed by atoms with van der Waals surface area (Å²) in [6, 6.07) is -2.16. The van der Waals surface area contributed by atoms with E-state index < -0.39 is 98.1 Å². The lowest BCUT2D eigenvalue weighted by atomic mass is 9.89. The molecular formula is C72H132N10O25. The lowest BCUT2D eigenvalue weighted by Gasteiger charge is -2.42. The highest BCUT2D eigenvalue weighted by Gasteiger charge is 2.47. The fourth-order valence-corrected chi connectivity index (χ4v) is 11.3. The molecule has 0 aliphatic carbocycles. The van der Waals surface area contributed by atoms with Gasteiger partial charge in [0.2, 0.25) is 59.1 Å². The first-order chi connectivity index (χ1) is 51.1. The summed E-state index contributed by atoms with van der Waals surface area (Å²) in [5.41, 5.74) is -1.05. The highest BCUT2D eigenvalue weighted by molar-refractivity contribution is 5.79. The number of nitrogens with one attached hydrogen (secondary N) is 10. The van der Waals surface area contributed by atoms with E-state index in [9.17, 15) is 83.7 Å². The van der Waals surface area contributed by atoms with E-state index in [-0.39, 0.29) is 191 Å². The predicted molar refractivity (Wildman–Crippen MR) is 390 cm³/mol. The van der Waals surface area contributed by atoms with Crippen molar-refractivity contribution in [3.8, 4) is 0 Å². The van der Waals surface area contributed by atoms with E-state index in [1.807, 2.05) is 0 Å². The highest BCUT2D eigenvalue weighted by Crippen LogP contribution is 2.26. The van der Waals surface area contributed by atoms with E-state index in [1.54, 1.807) is 0 Å². The monoisotopic (exact) mass is 1540 g/mol. The van der Waals surface area contributed by atoms with Gasteiger partial charge in [-0.2, -0.15) is 0 Å². The molecule has 0 bridgehead atoms. The van der Waals surface area contributed by atoms with Gasteiger partial charge in [-0.3, -0.25) is 47.9 Å². The van der Waals surface area contributed by atoms with Gasteiger partial charge in [-0.1, -0.05) is 65.7 Å². The molecule has 2 heterocycles. The second-order valence-corrected chi connectivity index (χ2v) is 28.5. The molecule has 2 fully saturated rings. The smallest absolute Gasteiger partial charge is 0.222 e. The Morgan fingerprint density at radius 2 is 0.710 bits per heavy atom. The van der Waals surface area contributed by atoms with Gasteiger partial charge >= 0.3 is 0 Å². The van der Waals surface area contributed by atoms with Crippen LogP contribution in [0.2, 0.25) is 0 Å². The molecule has 2 rings (SSSR count). The summed E-state index contributed by atoms with van der Waals surface area (Å²) in [6.07, 6.45) is 2.33. The number of carbonyl (C=O) groups excluding carboxylic acids is 10. The van der Waals surface area contributed by atoms with Crippen LogP contribution >= 0.6 is 0 Å². The van der Waals surface area contributed by atoms with Gasteiger partial charge in [0.15, 0.2) is 18.9 Å². The Hall–Kier alpha value is -5.90. The van der Waals surface area contributed by atoms with E-state index in [2.05, 4.69) is 73.9 Å². The minimum atomic E-state index is -1.45. The van der Waals surface area contributed by atoms with Crippen molar-refractivity contribution >= 4 is 59.1 Å². The van der Waals surface area contributed by atoms with Crippen molar-refractivity contribution in [1.82, 2.24) is 53.2 Å². The lowest BCUT2D eigenvalue weighted by Crippen LogP contribution is -2.64. The van der Waals surface area contributed by atoms with Gasteiger partial charge in [0.1, 0.15) is 54.2 Å². The molecule has 35 nitrogen and oxygen atoms in total. The van der Waals surface area contributed by atoms with Crippen LogP contribution in [-0.4, -0.2) is 286 Å². The number of unbranched alkanes of at least 4 members (excludes halogenated alkanes) is 10. The second-order valence-electron chi connectivity index (χ2n) is 28.5. The number of aliphatic hydroxyl groups is 7. The minimum absolute atomic E-state index is 0.0357. The third-order valence-corrected chi connectivity index (χ3v) is 17.3. The van der Waals surface area contributed by atoms with E-state index in [0.29, 0.717) is 76.2 Å². The maximum Gasteiger partial charge on any atom is 0.222 e. The van der Waals surface area contributed by atoms with Gasteiger partial charge in [0.05, 0.1) is 59.4 Å². The Morgan fingerprint density at radius 3 is 1.06 bits per heavy atom. The van der Waals surface area contributed by atoms with Crippen LogP contribution in [0.3, 0.4) is 0 Å². The summed E-state index contributed by atoms with van der Waals surface area (Å²) in [5, 5.41) is 97.8. The maximum absolute atomic E-state index is 13.9. The summed E-state index contributed by atoms with van der Waals surface area (Å²) in [4.78, 5) is 125. The molecule has 17 N–H and O–H groups in total. The van der Waals surface area contributed by atoms with Crippen LogP contribution in [0, 0.1) is 5.41 Å². The molecule has 0 spiro atoms. The standard InChI is InChI=1S/C72H132N10O25/c1-50(85)79-44-62(95)103-38-18-14-24-55(88)73-32-21-35-76-58(91)28-41-100-47-72(82-61(94)27-13-11-9-7-8-10-12-17-31-71(4,5)6,48-101-42-29-59(92)77-36-22-33-74-56(89)25-15-19-39-104-69-63(80-51(2)86)67(98)65(96)53(45-83)106-69)49-102-43-30-60(93)78-37-23-34-75-57(90)26-16-20-40-105-70-64(81-52(3)87)68(99)66(97)54(46-84)107-70/h53-54,62-70,83-84,95-99H,7-49H2,1-6H3,(H,73,88)(H,74,89)(H,75,90)(H,76,91)(H,77,92)(H,78,93)(H,79,85)(H,80,86)(H,81,87)(H,82,94)/t53?,54?,62-,63?,64?,65?,66?,67?,68?,69?,70?,72?/m0/s1. The molecule has 2 saturated heterocycles. The van der Waals surface area contributed by atoms with Crippen LogP contribution in [-0.2, 0) is 85.8 Å². The van der Waals surface area contributed by atoms with E-state index in [1.165, 1.54) is 40.0 Å². The van der Waals surface area contributed by atoms with Crippen molar-refractivity contribution in [2.75, 3.05) is 118 Å². The van der Waals surface area contributed by atoms with Crippen LogP contribution in [0.25, 0.3) is 0 Å². The average molecular weight is 1540 g/mol. The lowest BCUT2D eigenvalue weighted by molar-refractivity contribution is -0.270. The molecule has 10 unspecified atom stereocenters. The second kappa shape index (κ2) is 58.1. The summed E-state index contributed by atoms with van der Waals surface area (Å²) < 4.78 is 46.1. The zero-order chi connectivity index (χ0) is 79.3. The Balaban J connectivity index is 2.01. The SMILES string of the molecule is CC(=O)NC[C@@H](O)OCCCCC(=O)NCCCNC(=O)CCOCC(COCCC(=O)NCCCNC(=O)CCCCOC1OC(CO)C(O)C(O)C1NC(C)=O)(COCCC(=O)NCCCNC(=O)CCCCOC1OC(CO)C(O)C(O)C1NC(C)=O)NC(=O)CCCCCCCCCCC(C)(C)C. The highest BCUT2D eigenvalue weighted by atomic mass is 16.7. The number of hydrogen-bond donors (Lipinski definition) is 17. The number of carbonyl (C=O) groups is 10. The third-order valence-electron chi connectivity index (χ3n) is 17.3. The molecule has 107 heavy (non-hydrogen) atoms. The van der Waals surface area contributed by atoms with E-state index in [4.69, 9.17) is 37.9 Å². The van der Waals surface area contributed by atoms with Crippen molar-refractivity contribution < 1.29 is 122 Å². The van der Waals surface area contributed by atoms with Crippen LogP contribution < -0.4 is 53.2 Å². The van der Waals surface area contributed by atoms with Gasteiger partial charge in [-0.25, -0.2) is 0 Å². The minimum Gasteiger partial charge on any atom is -0.394 e. The van der Waals surface area contributed by atoms with Gasteiger partial charge in [-0.05, 0) is 76.0 Å². The van der Waals surface area contributed by atoms with Crippen molar-refractivity contribution in [2.45, 2.75) is 275 Å². The predicted octanol–water partition coefficient (Wildman–Crippen LogP) is -1.22.